The van der Waals surface area contributed by atoms with Crippen LogP contribution in [0.3, 0.4) is 0 Å². The van der Waals surface area contributed by atoms with Crippen molar-refractivity contribution in [2.75, 3.05) is 0 Å². The van der Waals surface area contributed by atoms with Gasteiger partial charge in [-0.1, -0.05) is 26.0 Å². The van der Waals surface area contributed by atoms with Gasteiger partial charge in [0.2, 0.25) is 0 Å². The first-order valence-corrected chi connectivity index (χ1v) is 7.01. The second kappa shape index (κ2) is 5.29. The third kappa shape index (κ3) is 2.86. The third-order valence-corrected chi connectivity index (χ3v) is 3.67. The van der Waals surface area contributed by atoms with Crippen LogP contribution in [0.5, 0.6) is 0 Å². The lowest BCUT2D eigenvalue weighted by atomic mass is 9.93. The van der Waals surface area contributed by atoms with Gasteiger partial charge in [0.15, 0.2) is 5.69 Å². The summed E-state index contributed by atoms with van der Waals surface area (Å²) in [5.74, 6) is -1.12. The molecule has 3 N–H and O–H groups in total. The minimum Gasteiger partial charge on any atom is -0.476 e. The van der Waals surface area contributed by atoms with E-state index >= 15 is 0 Å². The molecule has 8 heteroatoms. The number of nitrogens with zero attached hydrogens (tertiary/aromatic N) is 4. The van der Waals surface area contributed by atoms with Gasteiger partial charge in [0, 0.05) is 17.3 Å². The van der Waals surface area contributed by atoms with Gasteiger partial charge >= 0.3 is 5.97 Å². The average Bonchev–Trinajstić information content (AvgIpc) is 2.95. The van der Waals surface area contributed by atoms with Crippen molar-refractivity contribution in [3.63, 3.8) is 0 Å². The third-order valence-electron chi connectivity index (χ3n) is 2.84. The molecule has 0 aromatic carbocycles. The van der Waals surface area contributed by atoms with Crippen LogP contribution in [0.1, 0.15) is 47.7 Å². The fourth-order valence-corrected chi connectivity index (χ4v) is 2.69. The summed E-state index contributed by atoms with van der Waals surface area (Å²) in [6.45, 7) is 6.74. The van der Waals surface area contributed by atoms with E-state index in [1.807, 2.05) is 5.38 Å². The maximum Gasteiger partial charge on any atom is 0.358 e. The number of thiazole rings is 1. The largest absolute Gasteiger partial charge is 0.476 e. The smallest absolute Gasteiger partial charge is 0.358 e. The van der Waals surface area contributed by atoms with Gasteiger partial charge in [-0.3, -0.25) is 0 Å². The molecule has 0 amide bonds. The van der Waals surface area contributed by atoms with Crippen LogP contribution in [0.4, 0.5) is 0 Å². The van der Waals surface area contributed by atoms with Gasteiger partial charge in [-0.05, 0) is 0 Å². The Balaban J connectivity index is 2.26. The topological polar surface area (TPSA) is 107 Å². The summed E-state index contributed by atoms with van der Waals surface area (Å²) in [5.41, 5.74) is 6.88. The Morgan fingerprint density at radius 1 is 1.50 bits per heavy atom. The molecule has 0 aliphatic rings. The molecule has 0 fully saturated rings. The van der Waals surface area contributed by atoms with E-state index in [4.69, 9.17) is 10.8 Å². The number of carbonyl (C=O) groups is 1. The predicted molar refractivity (Wildman–Crippen MR) is 74.8 cm³/mol. The van der Waals surface area contributed by atoms with E-state index in [1.54, 1.807) is 0 Å². The first-order valence-electron chi connectivity index (χ1n) is 6.13. The number of aromatic carboxylic acids is 1. The summed E-state index contributed by atoms with van der Waals surface area (Å²) in [5, 5.41) is 19.4. The Kier molecular flexibility index (Phi) is 3.87. The molecule has 2 aromatic rings. The van der Waals surface area contributed by atoms with E-state index in [0.717, 1.165) is 10.7 Å². The van der Waals surface area contributed by atoms with E-state index in [9.17, 15) is 4.79 Å². The Labute approximate surface area is 120 Å². The van der Waals surface area contributed by atoms with E-state index < -0.39 is 5.97 Å². The zero-order valence-corrected chi connectivity index (χ0v) is 12.4. The van der Waals surface area contributed by atoms with Crippen LogP contribution in [-0.2, 0) is 18.5 Å². The summed E-state index contributed by atoms with van der Waals surface area (Å²) in [6.07, 6.45) is 0. The second-order valence-electron chi connectivity index (χ2n) is 5.43. The number of nitrogens with two attached hydrogens (primary N) is 1. The Morgan fingerprint density at radius 3 is 2.70 bits per heavy atom. The van der Waals surface area contributed by atoms with Crippen molar-refractivity contribution in [1.29, 1.82) is 0 Å². The van der Waals surface area contributed by atoms with Crippen molar-refractivity contribution in [2.24, 2.45) is 5.73 Å². The Hall–Kier alpha value is -1.80. The molecule has 0 atom stereocenters. The van der Waals surface area contributed by atoms with E-state index in [0.29, 0.717) is 12.2 Å². The maximum atomic E-state index is 11.0. The standard InChI is InChI=1S/C12H17N5O2S/c1-12(2,3)8-6-20-9(14-8)5-17-7(4-13)10(11(18)19)15-16-17/h6H,4-5,13H2,1-3H3,(H,18,19). The number of aromatic nitrogens is 4. The van der Waals surface area contributed by atoms with Crippen molar-refractivity contribution < 1.29 is 9.90 Å². The molecule has 0 aliphatic heterocycles. The minimum atomic E-state index is -1.12. The highest BCUT2D eigenvalue weighted by Gasteiger charge is 2.20. The summed E-state index contributed by atoms with van der Waals surface area (Å²) < 4.78 is 1.49. The predicted octanol–water partition coefficient (Wildman–Crippen LogP) is 1.24. The van der Waals surface area contributed by atoms with Crippen LogP contribution < -0.4 is 5.73 Å². The number of carboxylic acids is 1. The molecule has 0 saturated carbocycles. The zero-order valence-electron chi connectivity index (χ0n) is 11.6. The molecule has 0 spiro atoms. The fraction of sp³-hybridized carbons (Fsp3) is 0.500. The van der Waals surface area contributed by atoms with Crippen LogP contribution in [-0.4, -0.2) is 31.1 Å². The van der Waals surface area contributed by atoms with Gasteiger partial charge in [0.05, 0.1) is 17.9 Å². The Bertz CT molecular complexity index is 626. The lowest BCUT2D eigenvalue weighted by molar-refractivity contribution is 0.0689. The molecule has 20 heavy (non-hydrogen) atoms. The van der Waals surface area contributed by atoms with Crippen molar-refractivity contribution in [3.05, 3.63) is 27.5 Å². The minimum absolute atomic E-state index is 0.0139. The molecule has 2 heterocycles. The van der Waals surface area contributed by atoms with Crippen LogP contribution >= 0.6 is 11.3 Å². The molecule has 0 saturated heterocycles. The lowest BCUT2D eigenvalue weighted by Gasteiger charge is -2.14. The first-order chi connectivity index (χ1) is 9.32. The van der Waals surface area contributed by atoms with Crippen LogP contribution in [0, 0.1) is 0 Å². The average molecular weight is 295 g/mol. The van der Waals surface area contributed by atoms with Gasteiger partial charge in [-0.25, -0.2) is 14.5 Å². The molecule has 108 valence electrons. The van der Waals surface area contributed by atoms with Crippen LogP contribution in [0.25, 0.3) is 0 Å². The molecule has 2 rings (SSSR count). The summed E-state index contributed by atoms with van der Waals surface area (Å²) >= 11 is 1.52. The van der Waals surface area contributed by atoms with E-state index in [-0.39, 0.29) is 17.7 Å². The lowest BCUT2D eigenvalue weighted by Crippen LogP contribution is -2.14. The van der Waals surface area contributed by atoms with Crippen molar-refractivity contribution in [2.45, 2.75) is 39.3 Å². The molecule has 0 radical (unpaired) electrons. The van der Waals surface area contributed by atoms with Crippen molar-refractivity contribution in [3.8, 4) is 0 Å². The number of rotatable bonds is 4. The highest BCUT2D eigenvalue weighted by Crippen LogP contribution is 2.24. The second-order valence-corrected chi connectivity index (χ2v) is 6.37. The molecule has 2 aromatic heterocycles. The molecule has 7 nitrogen and oxygen atoms in total. The zero-order chi connectivity index (χ0) is 14.9. The first kappa shape index (κ1) is 14.6. The maximum absolute atomic E-state index is 11.0. The highest BCUT2D eigenvalue weighted by molar-refractivity contribution is 7.09. The Morgan fingerprint density at radius 2 is 2.20 bits per heavy atom. The van der Waals surface area contributed by atoms with E-state index in [1.165, 1.54) is 16.0 Å². The van der Waals surface area contributed by atoms with Crippen molar-refractivity contribution >= 4 is 17.3 Å². The van der Waals surface area contributed by atoms with Crippen molar-refractivity contribution in [1.82, 2.24) is 20.0 Å². The number of carboxylic acid groups (broad SMARTS) is 1. The van der Waals surface area contributed by atoms with Crippen LogP contribution in [0.2, 0.25) is 0 Å². The summed E-state index contributed by atoms with van der Waals surface area (Å²) in [4.78, 5) is 15.5. The quantitative estimate of drug-likeness (QED) is 0.878. The molecule has 0 unspecified atom stereocenters. The fourth-order valence-electron chi connectivity index (χ4n) is 1.68. The number of hydrogen-bond donors (Lipinski definition) is 2. The van der Waals surface area contributed by atoms with Gasteiger partial charge in [0.25, 0.3) is 0 Å². The van der Waals surface area contributed by atoms with Gasteiger partial charge in [-0.2, -0.15) is 0 Å². The van der Waals surface area contributed by atoms with Gasteiger partial charge in [0.1, 0.15) is 5.01 Å². The molecule has 0 bridgehead atoms. The highest BCUT2D eigenvalue weighted by atomic mass is 32.1. The SMILES string of the molecule is CC(C)(C)c1csc(Cn2nnc(C(=O)O)c2CN)n1. The summed E-state index contributed by atoms with van der Waals surface area (Å²) in [7, 11) is 0. The molecular weight excluding hydrogens is 278 g/mol. The van der Waals surface area contributed by atoms with Crippen LogP contribution in [0.15, 0.2) is 5.38 Å². The summed E-state index contributed by atoms with van der Waals surface area (Å²) in [6, 6.07) is 0. The monoisotopic (exact) mass is 295 g/mol. The van der Waals surface area contributed by atoms with Gasteiger partial charge in [-0.15, -0.1) is 16.4 Å². The van der Waals surface area contributed by atoms with Gasteiger partial charge < -0.3 is 10.8 Å². The normalized spacial score (nSPS) is 11.8. The molecule has 0 aliphatic carbocycles. The molecular formula is C12H17N5O2S. The van der Waals surface area contributed by atoms with E-state index in [2.05, 4.69) is 36.1 Å². The number of hydrogen-bond acceptors (Lipinski definition) is 6.